The molecule has 1 saturated heterocycles. The lowest BCUT2D eigenvalue weighted by Gasteiger charge is -2.11. The lowest BCUT2D eigenvalue weighted by molar-refractivity contribution is 0.0940. The van der Waals surface area contributed by atoms with E-state index in [2.05, 4.69) is 26.6 Å². The van der Waals surface area contributed by atoms with E-state index in [1.807, 2.05) is 25.1 Å². The van der Waals surface area contributed by atoms with Gasteiger partial charge in [0.15, 0.2) is 0 Å². The fourth-order valence-corrected chi connectivity index (χ4v) is 2.16. The third-order valence-electron chi connectivity index (χ3n) is 2.83. The Bertz CT molecular complexity index is 405. The number of carbonyl (C=O) groups is 1. The zero-order chi connectivity index (χ0) is 11.5. The fraction of sp³-hybridized carbons (Fsp3) is 0.417. The summed E-state index contributed by atoms with van der Waals surface area (Å²) in [5, 5.41) is 6.25. The van der Waals surface area contributed by atoms with Crippen molar-refractivity contribution in [3.05, 3.63) is 33.8 Å². The largest absolute Gasteiger partial charge is 0.348 e. The van der Waals surface area contributed by atoms with Crippen molar-refractivity contribution in [3.63, 3.8) is 0 Å². The number of amides is 1. The van der Waals surface area contributed by atoms with E-state index in [1.54, 1.807) is 0 Å². The number of carbonyl (C=O) groups excluding carboxylic acids is 1. The van der Waals surface area contributed by atoms with Gasteiger partial charge in [-0.15, -0.1) is 12.4 Å². The van der Waals surface area contributed by atoms with Gasteiger partial charge in [-0.25, -0.2) is 0 Å². The molecule has 3 nitrogen and oxygen atoms in total. The molecule has 1 aliphatic heterocycles. The summed E-state index contributed by atoms with van der Waals surface area (Å²) in [5.41, 5.74) is 1.85. The molecule has 1 fully saturated rings. The summed E-state index contributed by atoms with van der Waals surface area (Å²) < 4.78 is 0.977. The number of hydrogen-bond donors (Lipinski definition) is 2. The van der Waals surface area contributed by atoms with Crippen molar-refractivity contribution >= 4 is 34.2 Å². The Morgan fingerprint density at radius 2 is 2.29 bits per heavy atom. The van der Waals surface area contributed by atoms with Crippen LogP contribution in [0.4, 0.5) is 0 Å². The van der Waals surface area contributed by atoms with Crippen molar-refractivity contribution in [2.75, 3.05) is 13.1 Å². The number of benzene rings is 1. The molecule has 0 aliphatic carbocycles. The van der Waals surface area contributed by atoms with Crippen LogP contribution in [0.3, 0.4) is 0 Å². The second-order valence-corrected chi connectivity index (χ2v) is 4.98. The summed E-state index contributed by atoms with van der Waals surface area (Å²) in [5.74, 6) is 0.00870. The molecule has 1 heterocycles. The standard InChI is InChI=1S/C12H15BrN2O.ClH/c1-8-2-3-9(6-11(8)13)12(16)15-10-4-5-14-7-10;/h2-3,6,10,14H,4-5,7H2,1H3,(H,15,16);1H. The van der Waals surface area contributed by atoms with E-state index in [9.17, 15) is 4.79 Å². The summed E-state index contributed by atoms with van der Waals surface area (Å²) in [4.78, 5) is 11.9. The molecule has 2 rings (SSSR count). The number of rotatable bonds is 2. The van der Waals surface area contributed by atoms with E-state index in [4.69, 9.17) is 0 Å². The van der Waals surface area contributed by atoms with Gasteiger partial charge in [-0.2, -0.15) is 0 Å². The molecule has 1 aliphatic rings. The minimum atomic E-state index is 0. The molecule has 1 aromatic carbocycles. The van der Waals surface area contributed by atoms with Crippen LogP contribution in [0.1, 0.15) is 22.3 Å². The van der Waals surface area contributed by atoms with Gasteiger partial charge in [0, 0.05) is 22.6 Å². The number of aryl methyl sites for hydroxylation is 1. The summed E-state index contributed by atoms with van der Waals surface area (Å²) in [6.07, 6.45) is 1.01. The topological polar surface area (TPSA) is 41.1 Å². The highest BCUT2D eigenvalue weighted by Crippen LogP contribution is 2.17. The molecule has 0 saturated carbocycles. The summed E-state index contributed by atoms with van der Waals surface area (Å²) >= 11 is 3.43. The predicted molar refractivity (Wildman–Crippen MR) is 74.9 cm³/mol. The van der Waals surface area contributed by atoms with Crippen LogP contribution in [0.5, 0.6) is 0 Å². The zero-order valence-electron chi connectivity index (χ0n) is 9.63. The second-order valence-electron chi connectivity index (χ2n) is 4.13. The van der Waals surface area contributed by atoms with Crippen LogP contribution in [0.25, 0.3) is 0 Å². The first-order valence-corrected chi connectivity index (χ1v) is 6.24. The molecule has 1 amide bonds. The van der Waals surface area contributed by atoms with Gasteiger partial charge < -0.3 is 10.6 Å². The van der Waals surface area contributed by atoms with Gasteiger partial charge >= 0.3 is 0 Å². The minimum Gasteiger partial charge on any atom is -0.348 e. The molecule has 17 heavy (non-hydrogen) atoms. The summed E-state index contributed by atoms with van der Waals surface area (Å²) in [6.45, 7) is 3.87. The van der Waals surface area contributed by atoms with Gasteiger partial charge in [0.05, 0.1) is 0 Å². The van der Waals surface area contributed by atoms with Gasteiger partial charge in [0.2, 0.25) is 0 Å². The van der Waals surface area contributed by atoms with E-state index in [-0.39, 0.29) is 24.4 Å². The Labute approximate surface area is 116 Å². The molecule has 0 radical (unpaired) electrons. The molecule has 1 atom stereocenters. The molecule has 0 spiro atoms. The van der Waals surface area contributed by atoms with Crippen LogP contribution in [-0.2, 0) is 0 Å². The molecule has 0 bridgehead atoms. The van der Waals surface area contributed by atoms with E-state index < -0.39 is 0 Å². The first-order chi connectivity index (χ1) is 7.66. The Morgan fingerprint density at radius 3 is 2.88 bits per heavy atom. The van der Waals surface area contributed by atoms with E-state index >= 15 is 0 Å². The smallest absolute Gasteiger partial charge is 0.251 e. The van der Waals surface area contributed by atoms with Crippen molar-refractivity contribution in [2.24, 2.45) is 0 Å². The molecule has 94 valence electrons. The van der Waals surface area contributed by atoms with Crippen LogP contribution >= 0.6 is 28.3 Å². The maximum absolute atomic E-state index is 11.9. The molecule has 2 N–H and O–H groups in total. The molecule has 5 heteroatoms. The second kappa shape index (κ2) is 6.38. The molecular weight excluding hydrogens is 304 g/mol. The van der Waals surface area contributed by atoms with Gasteiger partial charge in [0.25, 0.3) is 5.91 Å². The molecule has 0 aromatic heterocycles. The van der Waals surface area contributed by atoms with Crippen LogP contribution in [0, 0.1) is 6.92 Å². The average Bonchev–Trinajstić information content (AvgIpc) is 2.74. The van der Waals surface area contributed by atoms with Crippen molar-refractivity contribution in [3.8, 4) is 0 Å². The quantitative estimate of drug-likeness (QED) is 0.878. The normalized spacial score (nSPS) is 18.6. The Hall–Kier alpha value is -0.580. The third-order valence-corrected chi connectivity index (χ3v) is 3.68. The highest BCUT2D eigenvalue weighted by molar-refractivity contribution is 9.10. The van der Waals surface area contributed by atoms with Gasteiger partial charge in [-0.05, 0) is 37.6 Å². The predicted octanol–water partition coefficient (Wildman–Crippen LogP) is 2.27. The van der Waals surface area contributed by atoms with Crippen LogP contribution in [0.15, 0.2) is 22.7 Å². The van der Waals surface area contributed by atoms with E-state index in [0.717, 1.165) is 29.5 Å². The van der Waals surface area contributed by atoms with E-state index in [0.29, 0.717) is 5.56 Å². The zero-order valence-corrected chi connectivity index (χ0v) is 12.0. The Balaban J connectivity index is 0.00000144. The lowest BCUT2D eigenvalue weighted by atomic mass is 10.1. The van der Waals surface area contributed by atoms with Crippen LogP contribution < -0.4 is 10.6 Å². The molecule has 1 aromatic rings. The third kappa shape index (κ3) is 3.69. The summed E-state index contributed by atoms with van der Waals surface area (Å²) in [6, 6.07) is 5.95. The SMILES string of the molecule is Cc1ccc(C(=O)NC2CCNC2)cc1Br.Cl. The maximum Gasteiger partial charge on any atom is 0.251 e. The Kier molecular flexibility index (Phi) is 5.43. The average molecular weight is 320 g/mol. The monoisotopic (exact) mass is 318 g/mol. The van der Waals surface area contributed by atoms with Gasteiger partial charge in [-0.3, -0.25) is 4.79 Å². The molecule has 1 unspecified atom stereocenters. The first-order valence-electron chi connectivity index (χ1n) is 5.44. The van der Waals surface area contributed by atoms with E-state index in [1.165, 1.54) is 0 Å². The molecular formula is C12H16BrClN2O. The summed E-state index contributed by atoms with van der Waals surface area (Å²) in [7, 11) is 0. The number of halogens is 2. The first kappa shape index (κ1) is 14.5. The van der Waals surface area contributed by atoms with Crippen LogP contribution in [-0.4, -0.2) is 25.0 Å². The van der Waals surface area contributed by atoms with Crippen molar-refractivity contribution in [2.45, 2.75) is 19.4 Å². The maximum atomic E-state index is 11.9. The van der Waals surface area contributed by atoms with Gasteiger partial charge in [-0.1, -0.05) is 22.0 Å². The minimum absolute atomic E-state index is 0. The van der Waals surface area contributed by atoms with Gasteiger partial charge in [0.1, 0.15) is 0 Å². The fourth-order valence-electron chi connectivity index (χ4n) is 1.78. The lowest BCUT2D eigenvalue weighted by Crippen LogP contribution is -2.36. The number of nitrogens with one attached hydrogen (secondary N) is 2. The van der Waals surface area contributed by atoms with Crippen molar-refractivity contribution in [1.82, 2.24) is 10.6 Å². The van der Waals surface area contributed by atoms with Crippen molar-refractivity contribution in [1.29, 1.82) is 0 Å². The highest BCUT2D eigenvalue weighted by atomic mass is 79.9. The van der Waals surface area contributed by atoms with Crippen molar-refractivity contribution < 1.29 is 4.79 Å². The Morgan fingerprint density at radius 1 is 1.53 bits per heavy atom. The number of hydrogen-bond acceptors (Lipinski definition) is 2. The highest BCUT2D eigenvalue weighted by Gasteiger charge is 2.17. The van der Waals surface area contributed by atoms with Crippen LogP contribution in [0.2, 0.25) is 0 Å².